The van der Waals surface area contributed by atoms with Crippen LogP contribution in [-0.2, 0) is 14.8 Å². The van der Waals surface area contributed by atoms with E-state index in [-0.39, 0.29) is 68.5 Å². The number of benzene rings is 6. The molecule has 1 atom stereocenters. The molecule has 0 saturated carbocycles. The van der Waals surface area contributed by atoms with E-state index in [4.69, 9.17) is 23.9 Å². The molecule has 0 fully saturated rings. The lowest BCUT2D eigenvalue weighted by molar-refractivity contribution is 0.0997. The van der Waals surface area contributed by atoms with Gasteiger partial charge in [0.1, 0.15) is 12.3 Å². The molecule has 3 aliphatic rings. The Balaban J connectivity index is 1.23. The molecule has 1 N–H and O–H groups in total. The Hall–Kier alpha value is -6.42. The number of carbonyl (C=O) groups is 2. The van der Waals surface area contributed by atoms with Crippen LogP contribution in [0.25, 0.3) is 0 Å². The number of nitrogens with zero attached hydrogens (tertiary/aromatic N) is 3. The Morgan fingerprint density at radius 1 is 0.667 bits per heavy atom. The highest BCUT2D eigenvalue weighted by atomic mass is 32.2. The number of hydrogen-bond donors (Lipinski definition) is 1. The third kappa shape index (κ3) is 7.53. The van der Waals surface area contributed by atoms with Gasteiger partial charge in [0.05, 0.1) is 60.6 Å². The van der Waals surface area contributed by atoms with Crippen molar-refractivity contribution in [2.24, 2.45) is 10.4 Å². The average molecular weight is 899 g/mol. The number of rotatable bonds is 9. The van der Waals surface area contributed by atoms with Gasteiger partial charge in [0.25, 0.3) is 21.8 Å². The topological polar surface area (TPSA) is 136 Å². The molecule has 0 bridgehead atoms. The second kappa shape index (κ2) is 16.4. The van der Waals surface area contributed by atoms with E-state index in [0.29, 0.717) is 22.7 Å². The van der Waals surface area contributed by atoms with E-state index in [2.05, 4.69) is 4.72 Å². The van der Waals surface area contributed by atoms with Gasteiger partial charge in [-0.2, -0.15) is 0 Å². The Labute approximate surface area is 374 Å². The minimum Gasteiger partial charge on any atom is -0.493 e. The molecule has 12 nitrogen and oxygen atoms in total. The summed E-state index contributed by atoms with van der Waals surface area (Å²) in [4.78, 5) is 41.4. The fourth-order valence-electron chi connectivity index (χ4n) is 7.69. The van der Waals surface area contributed by atoms with Crippen molar-refractivity contribution in [1.82, 2.24) is 0 Å². The molecule has 63 heavy (non-hydrogen) atoms. The van der Waals surface area contributed by atoms with Crippen LogP contribution in [0.4, 0.5) is 28.4 Å². The van der Waals surface area contributed by atoms with Crippen molar-refractivity contribution in [3.63, 3.8) is 0 Å². The zero-order chi connectivity index (χ0) is 44.2. The molecule has 9 rings (SSSR count). The number of anilines is 5. The van der Waals surface area contributed by atoms with E-state index in [1.165, 1.54) is 63.1 Å². The summed E-state index contributed by atoms with van der Waals surface area (Å²) < 4.78 is 56.3. The summed E-state index contributed by atoms with van der Waals surface area (Å²) in [6.45, 7) is 6.39. The maximum atomic E-state index is 15.2. The van der Waals surface area contributed by atoms with Gasteiger partial charge in [-0.3, -0.25) is 24.1 Å². The van der Waals surface area contributed by atoms with E-state index in [9.17, 15) is 0 Å². The lowest BCUT2D eigenvalue weighted by Gasteiger charge is -2.32. The molecule has 6 aromatic carbocycles. The van der Waals surface area contributed by atoms with Crippen molar-refractivity contribution in [2.45, 2.75) is 51.3 Å². The molecule has 320 valence electrons. The van der Waals surface area contributed by atoms with Crippen LogP contribution in [0.2, 0.25) is 0 Å². The molecule has 0 aromatic heterocycles. The summed E-state index contributed by atoms with van der Waals surface area (Å²) in [5.41, 5.74) is 2.32. The average Bonchev–Trinajstić information content (AvgIpc) is 3.80. The van der Waals surface area contributed by atoms with Gasteiger partial charge < -0.3 is 18.9 Å². The Morgan fingerprint density at radius 3 is 1.51 bits per heavy atom. The molecule has 6 aromatic rings. The van der Waals surface area contributed by atoms with Gasteiger partial charge in [0.2, 0.25) is 11.6 Å². The molecule has 0 unspecified atom stereocenters. The monoisotopic (exact) mass is 898 g/mol. The van der Waals surface area contributed by atoms with Crippen molar-refractivity contribution < 1.29 is 37.0 Å². The van der Waals surface area contributed by atoms with Gasteiger partial charge in [0, 0.05) is 30.7 Å². The predicted molar refractivity (Wildman–Crippen MR) is 246 cm³/mol. The molecule has 0 radical (unpaired) electrons. The van der Waals surface area contributed by atoms with Crippen LogP contribution >= 0.6 is 23.5 Å². The number of hydrogen-bond acceptors (Lipinski definition) is 11. The number of fused-ring (bicyclic) bond motifs is 4. The van der Waals surface area contributed by atoms with Crippen LogP contribution < -0.4 is 28.7 Å². The van der Waals surface area contributed by atoms with Gasteiger partial charge >= 0.3 is 0 Å². The summed E-state index contributed by atoms with van der Waals surface area (Å²) in [6.07, 6.45) is 0. The van der Waals surface area contributed by atoms with E-state index in [0.717, 1.165) is 19.6 Å². The van der Waals surface area contributed by atoms with Crippen molar-refractivity contribution in [1.29, 1.82) is 0 Å². The van der Waals surface area contributed by atoms with Crippen LogP contribution in [0.1, 0.15) is 47.1 Å². The van der Waals surface area contributed by atoms with Crippen LogP contribution in [0, 0.1) is 5.41 Å². The van der Waals surface area contributed by atoms with Gasteiger partial charge in [0.15, 0.2) is 11.5 Å². The predicted octanol–water partition coefficient (Wildman–Crippen LogP) is 10.6. The van der Waals surface area contributed by atoms with Crippen LogP contribution in [-0.4, -0.2) is 60.1 Å². The van der Waals surface area contributed by atoms with E-state index >= 15 is 18.0 Å². The Kier molecular flexibility index (Phi) is 10.9. The lowest BCUT2D eigenvalue weighted by atomic mass is 9.88. The zero-order valence-corrected chi connectivity index (χ0v) is 37.6. The summed E-state index contributed by atoms with van der Waals surface area (Å²) >= 11 is 3.06. The minimum atomic E-state index is -4.69. The number of amides is 2. The first-order chi connectivity index (χ1) is 30.3. The smallest absolute Gasteiger partial charge is 0.262 e. The maximum absolute atomic E-state index is 15.2. The summed E-state index contributed by atoms with van der Waals surface area (Å²) in [6, 6.07) is 35.4. The van der Waals surface area contributed by atoms with Crippen molar-refractivity contribution in [2.75, 3.05) is 42.5 Å². The number of methoxy groups -OCH3 is 3. The van der Waals surface area contributed by atoms with E-state index in [1.54, 1.807) is 15.9 Å². The molecule has 3 heterocycles. The van der Waals surface area contributed by atoms with Crippen molar-refractivity contribution in [3.8, 4) is 17.2 Å². The molecule has 0 saturated heterocycles. The van der Waals surface area contributed by atoms with Crippen molar-refractivity contribution in [3.05, 3.63) is 138 Å². The van der Waals surface area contributed by atoms with Gasteiger partial charge in [-0.1, -0.05) is 92.8 Å². The third-order valence-corrected chi connectivity index (χ3v) is 14.5. The molecule has 2 amide bonds. The second-order valence-corrected chi connectivity index (χ2v) is 19.8. The normalized spacial score (nSPS) is 15.2. The fourth-order valence-corrected chi connectivity index (χ4v) is 11.0. The minimum absolute atomic E-state index is 0.00234. The summed E-state index contributed by atoms with van der Waals surface area (Å²) in [7, 11) is -0.441. The Morgan fingerprint density at radius 2 is 1.11 bits per heavy atom. The second-order valence-electron chi connectivity index (χ2n) is 15.9. The number of carbonyl (C=O) groups excluding carboxylic acids is 2. The van der Waals surface area contributed by atoms with E-state index < -0.39 is 21.8 Å². The van der Waals surface area contributed by atoms with Crippen molar-refractivity contribution >= 4 is 79.7 Å². The molecular formula is C48H42N4O8S3. The first-order valence-corrected chi connectivity index (χ1v) is 23.1. The molecule has 0 spiro atoms. The number of sulfonamides is 1. The molecular weight excluding hydrogens is 857 g/mol. The highest BCUT2D eigenvalue weighted by molar-refractivity contribution is 8.00. The van der Waals surface area contributed by atoms with Gasteiger partial charge in [-0.05, 0) is 78.2 Å². The first-order valence-electron chi connectivity index (χ1n) is 19.9. The number of aliphatic imine (C=N–C) groups is 1. The largest absolute Gasteiger partial charge is 0.493 e. The maximum Gasteiger partial charge on any atom is 0.262 e. The standard InChI is InChI=1S/C48H42N4O8S3/c1-48(2,3)41-27-60-45(49-41)31-26-36(57-4)43(58-5)44(59-6)42(31)50-63(55,56)30-24-28(46(53)51-32-15-7-11-19-37(32)61-38-20-12-8-16-33(38)51)23-29(25-30)47(54)52-34-17-9-13-21-39(34)62-40-22-14-10-18-35(40)52/h7-26,41,50H,27H2,1-6H3/t41-/m1/s1. The van der Waals surface area contributed by atoms with Crippen LogP contribution in [0.15, 0.2) is 151 Å². The van der Waals surface area contributed by atoms with Gasteiger partial charge in [-0.15, -0.1) is 0 Å². The number of para-hydroxylation sites is 4. The quantitative estimate of drug-likeness (QED) is 0.149. The molecule has 15 heteroatoms. The lowest BCUT2D eigenvalue weighted by Crippen LogP contribution is -2.31. The summed E-state index contributed by atoms with van der Waals surface area (Å²) in [5.74, 6) is -0.536. The highest BCUT2D eigenvalue weighted by Gasteiger charge is 2.37. The van der Waals surface area contributed by atoms with Crippen LogP contribution in [0.5, 0.6) is 17.2 Å². The van der Waals surface area contributed by atoms with E-state index in [1.807, 2.05) is 118 Å². The Bertz CT molecular complexity index is 2770. The summed E-state index contributed by atoms with van der Waals surface area (Å²) in [5, 5.41) is 0. The highest BCUT2D eigenvalue weighted by Crippen LogP contribution is 2.51. The van der Waals surface area contributed by atoms with Gasteiger partial charge in [-0.25, -0.2) is 13.4 Å². The third-order valence-electron chi connectivity index (χ3n) is 10.9. The van der Waals surface area contributed by atoms with Crippen LogP contribution in [0.3, 0.4) is 0 Å². The molecule has 3 aliphatic heterocycles. The fraction of sp³-hybridized carbons (Fsp3) is 0.188. The SMILES string of the molecule is COc1cc(C2=N[C@@H](C(C)(C)C)CO2)c(NS(=O)(=O)c2cc(C(=O)N3c4ccccc4Sc4ccccc43)cc(C(=O)N3c4ccccc4Sc4ccccc43)c2)c(OC)c1OC. The number of ether oxygens (including phenoxy) is 4. The first kappa shape index (κ1) is 41.9. The zero-order valence-electron chi connectivity index (χ0n) is 35.2. The molecule has 0 aliphatic carbocycles. The number of nitrogens with one attached hydrogen (secondary N) is 1.